The first-order valence-electron chi connectivity index (χ1n) is 9.01. The number of carbonyl (C=O) groups is 1. The van der Waals surface area contributed by atoms with E-state index in [1.54, 1.807) is 6.07 Å². The molecule has 0 radical (unpaired) electrons. The molecule has 1 N–H and O–H groups in total. The van der Waals surface area contributed by atoms with Crippen molar-refractivity contribution in [2.24, 2.45) is 0 Å². The number of nitrogens with zero attached hydrogens (tertiary/aromatic N) is 3. The average molecular weight is 388 g/mol. The van der Waals surface area contributed by atoms with Crippen LogP contribution in [0.5, 0.6) is 0 Å². The van der Waals surface area contributed by atoms with Crippen molar-refractivity contribution in [1.82, 2.24) is 15.3 Å². The van der Waals surface area contributed by atoms with Crippen LogP contribution in [0.4, 0.5) is 5.82 Å². The molecule has 2 aromatic rings. The predicted octanol–water partition coefficient (Wildman–Crippen LogP) is 1.73. The number of aromatic nitrogens is 2. The SMILES string of the molecule is CCN(c1cc(C(=O)NCc2ccccc2C)ncn1)C1CCS(=O)(=O)C1. The molecule has 0 saturated carbocycles. The molecule has 0 spiro atoms. The van der Waals surface area contributed by atoms with Gasteiger partial charge in [0, 0.05) is 25.2 Å². The number of hydrogen-bond donors (Lipinski definition) is 1. The number of anilines is 1. The van der Waals surface area contributed by atoms with Gasteiger partial charge in [0.2, 0.25) is 0 Å². The van der Waals surface area contributed by atoms with Crippen molar-refractivity contribution < 1.29 is 13.2 Å². The molecule has 0 aliphatic carbocycles. The molecule has 1 saturated heterocycles. The molecule has 7 nitrogen and oxygen atoms in total. The molecule has 1 amide bonds. The van der Waals surface area contributed by atoms with Gasteiger partial charge in [-0.05, 0) is 31.4 Å². The lowest BCUT2D eigenvalue weighted by atomic mass is 10.1. The van der Waals surface area contributed by atoms with Crippen molar-refractivity contribution in [2.45, 2.75) is 32.9 Å². The Labute approximate surface area is 159 Å². The van der Waals surface area contributed by atoms with E-state index in [0.717, 1.165) is 11.1 Å². The molecular weight excluding hydrogens is 364 g/mol. The van der Waals surface area contributed by atoms with Gasteiger partial charge in [-0.2, -0.15) is 0 Å². The van der Waals surface area contributed by atoms with Crippen LogP contribution in [0.3, 0.4) is 0 Å². The van der Waals surface area contributed by atoms with Gasteiger partial charge in [-0.15, -0.1) is 0 Å². The van der Waals surface area contributed by atoms with E-state index in [9.17, 15) is 13.2 Å². The first-order valence-corrected chi connectivity index (χ1v) is 10.8. The maximum atomic E-state index is 12.5. The highest BCUT2D eigenvalue weighted by Gasteiger charge is 2.32. The molecule has 1 atom stereocenters. The standard InChI is InChI=1S/C19H24N4O3S/c1-3-23(16-8-9-27(25,26)12-16)18-10-17(21-13-22-18)19(24)20-11-15-7-5-4-6-14(15)2/h4-7,10,13,16H,3,8-9,11-12H2,1-2H3,(H,20,24). The molecule has 0 bridgehead atoms. The Kier molecular flexibility index (Phi) is 5.74. The normalized spacial score (nSPS) is 18.2. The van der Waals surface area contributed by atoms with Gasteiger partial charge in [-0.3, -0.25) is 4.79 Å². The van der Waals surface area contributed by atoms with E-state index in [-0.39, 0.29) is 29.1 Å². The third-order valence-corrected chi connectivity index (χ3v) is 6.62. The lowest BCUT2D eigenvalue weighted by molar-refractivity contribution is 0.0945. The first kappa shape index (κ1) is 19.3. The summed E-state index contributed by atoms with van der Waals surface area (Å²) in [5.74, 6) is 0.621. The summed E-state index contributed by atoms with van der Waals surface area (Å²) in [6.07, 6.45) is 1.93. The van der Waals surface area contributed by atoms with Crippen LogP contribution in [0.1, 0.15) is 35.0 Å². The maximum Gasteiger partial charge on any atom is 0.270 e. The smallest absolute Gasteiger partial charge is 0.270 e. The molecule has 1 aromatic carbocycles. The zero-order chi connectivity index (χ0) is 19.4. The van der Waals surface area contributed by atoms with E-state index < -0.39 is 9.84 Å². The summed E-state index contributed by atoms with van der Waals surface area (Å²) in [4.78, 5) is 22.8. The third kappa shape index (κ3) is 4.63. The summed E-state index contributed by atoms with van der Waals surface area (Å²) in [6.45, 7) is 4.98. The third-order valence-electron chi connectivity index (χ3n) is 4.87. The summed E-state index contributed by atoms with van der Waals surface area (Å²) < 4.78 is 23.6. The van der Waals surface area contributed by atoms with Gasteiger partial charge in [-0.25, -0.2) is 18.4 Å². The van der Waals surface area contributed by atoms with Gasteiger partial charge in [0.15, 0.2) is 9.84 Å². The van der Waals surface area contributed by atoms with Crippen LogP contribution < -0.4 is 10.2 Å². The van der Waals surface area contributed by atoms with Gasteiger partial charge in [0.25, 0.3) is 5.91 Å². The molecule has 8 heteroatoms. The monoisotopic (exact) mass is 388 g/mol. The molecular formula is C19H24N4O3S. The van der Waals surface area contributed by atoms with E-state index in [1.165, 1.54) is 6.33 Å². The molecule has 1 unspecified atom stereocenters. The number of benzene rings is 1. The number of hydrogen-bond acceptors (Lipinski definition) is 6. The van der Waals surface area contributed by atoms with E-state index >= 15 is 0 Å². The van der Waals surface area contributed by atoms with Crippen molar-refractivity contribution in [3.05, 3.63) is 53.5 Å². The van der Waals surface area contributed by atoms with Crippen molar-refractivity contribution in [3.8, 4) is 0 Å². The molecule has 1 aliphatic heterocycles. The summed E-state index contributed by atoms with van der Waals surface area (Å²) in [6, 6.07) is 9.38. The number of aryl methyl sites for hydroxylation is 1. The van der Waals surface area contributed by atoms with Crippen LogP contribution in [0.15, 0.2) is 36.7 Å². The van der Waals surface area contributed by atoms with Crippen molar-refractivity contribution in [1.29, 1.82) is 0 Å². The topological polar surface area (TPSA) is 92.3 Å². The second kappa shape index (κ2) is 8.04. The van der Waals surface area contributed by atoms with Crippen molar-refractivity contribution in [3.63, 3.8) is 0 Å². The average Bonchev–Trinajstić information content (AvgIpc) is 3.01. The fourth-order valence-electron chi connectivity index (χ4n) is 3.33. The van der Waals surface area contributed by atoms with Crippen molar-refractivity contribution >= 4 is 21.6 Å². The summed E-state index contributed by atoms with van der Waals surface area (Å²) >= 11 is 0. The van der Waals surface area contributed by atoms with E-state index in [1.807, 2.05) is 43.0 Å². The number of nitrogens with one attached hydrogen (secondary N) is 1. The Morgan fingerprint density at radius 1 is 1.30 bits per heavy atom. The predicted molar refractivity (Wildman–Crippen MR) is 104 cm³/mol. The van der Waals surface area contributed by atoms with Crippen LogP contribution in [-0.4, -0.2) is 48.4 Å². The Morgan fingerprint density at radius 2 is 2.07 bits per heavy atom. The minimum atomic E-state index is -2.99. The second-order valence-electron chi connectivity index (χ2n) is 6.71. The largest absolute Gasteiger partial charge is 0.353 e. The fraction of sp³-hybridized carbons (Fsp3) is 0.421. The van der Waals surface area contributed by atoms with Gasteiger partial charge in [0.1, 0.15) is 17.8 Å². The van der Waals surface area contributed by atoms with Gasteiger partial charge < -0.3 is 10.2 Å². The highest BCUT2D eigenvalue weighted by molar-refractivity contribution is 7.91. The summed E-state index contributed by atoms with van der Waals surface area (Å²) in [5.41, 5.74) is 2.43. The van der Waals surface area contributed by atoms with Crippen LogP contribution >= 0.6 is 0 Å². The quantitative estimate of drug-likeness (QED) is 0.810. The minimum absolute atomic E-state index is 0.113. The number of amides is 1. The molecule has 144 valence electrons. The Morgan fingerprint density at radius 3 is 2.74 bits per heavy atom. The highest BCUT2D eigenvalue weighted by atomic mass is 32.2. The first-order chi connectivity index (χ1) is 12.9. The molecule has 1 fully saturated rings. The second-order valence-corrected chi connectivity index (χ2v) is 8.94. The molecule has 3 rings (SSSR count). The van der Waals surface area contributed by atoms with Gasteiger partial charge >= 0.3 is 0 Å². The zero-order valence-electron chi connectivity index (χ0n) is 15.6. The van der Waals surface area contributed by atoms with E-state index in [4.69, 9.17) is 0 Å². The molecule has 2 heterocycles. The van der Waals surface area contributed by atoms with Gasteiger partial charge in [-0.1, -0.05) is 24.3 Å². The highest BCUT2D eigenvalue weighted by Crippen LogP contribution is 2.22. The maximum absolute atomic E-state index is 12.5. The zero-order valence-corrected chi connectivity index (χ0v) is 16.4. The fourth-order valence-corrected chi connectivity index (χ4v) is 5.06. The number of rotatable bonds is 6. The number of sulfone groups is 1. The Bertz CT molecular complexity index is 930. The molecule has 1 aromatic heterocycles. The van der Waals surface area contributed by atoms with Crippen LogP contribution in [0.25, 0.3) is 0 Å². The molecule has 1 aliphatic rings. The minimum Gasteiger partial charge on any atom is -0.353 e. The molecule has 27 heavy (non-hydrogen) atoms. The van der Waals surface area contributed by atoms with E-state index in [2.05, 4.69) is 15.3 Å². The Hall–Kier alpha value is -2.48. The number of carbonyl (C=O) groups excluding carboxylic acids is 1. The van der Waals surface area contributed by atoms with Crippen molar-refractivity contribution in [2.75, 3.05) is 23.0 Å². The van der Waals surface area contributed by atoms with Crippen LogP contribution in [0, 0.1) is 6.92 Å². The lowest BCUT2D eigenvalue weighted by Gasteiger charge is -2.27. The van der Waals surface area contributed by atoms with Crippen LogP contribution in [0.2, 0.25) is 0 Å². The Balaban J connectivity index is 1.72. The van der Waals surface area contributed by atoms with Gasteiger partial charge in [0.05, 0.1) is 11.5 Å². The summed E-state index contributed by atoms with van der Waals surface area (Å²) in [7, 11) is -2.99. The summed E-state index contributed by atoms with van der Waals surface area (Å²) in [5, 5.41) is 2.88. The lowest BCUT2D eigenvalue weighted by Crippen LogP contribution is -2.37. The van der Waals surface area contributed by atoms with Crippen LogP contribution in [-0.2, 0) is 16.4 Å². The van der Waals surface area contributed by atoms with E-state index in [0.29, 0.717) is 25.3 Å².